The van der Waals surface area contributed by atoms with Crippen molar-refractivity contribution in [1.29, 1.82) is 0 Å². The summed E-state index contributed by atoms with van der Waals surface area (Å²) in [7, 11) is 0. The highest BCUT2D eigenvalue weighted by molar-refractivity contribution is 6.46. The Morgan fingerprint density at radius 1 is 0.848 bits per heavy atom. The van der Waals surface area contributed by atoms with Crippen molar-refractivity contribution in [2.24, 2.45) is 0 Å². The second-order valence-electron chi connectivity index (χ2n) is 8.32. The average molecular weight is 441 g/mol. The molecule has 1 N–H and O–H groups in total. The van der Waals surface area contributed by atoms with Gasteiger partial charge in [0, 0.05) is 5.69 Å². The van der Waals surface area contributed by atoms with Crippen LogP contribution in [0.5, 0.6) is 5.75 Å². The molecule has 0 saturated heterocycles. The lowest BCUT2D eigenvalue weighted by molar-refractivity contribution is -0.120. The highest BCUT2D eigenvalue weighted by Crippen LogP contribution is 2.36. The molecule has 4 rings (SSSR count). The van der Waals surface area contributed by atoms with Gasteiger partial charge in [0.2, 0.25) is 0 Å². The predicted molar refractivity (Wildman–Crippen MR) is 132 cm³/mol. The van der Waals surface area contributed by atoms with E-state index in [1.165, 1.54) is 4.90 Å². The van der Waals surface area contributed by atoms with E-state index in [-0.39, 0.29) is 17.5 Å². The second-order valence-corrected chi connectivity index (χ2v) is 8.32. The van der Waals surface area contributed by atoms with Gasteiger partial charge in [-0.2, -0.15) is 0 Å². The zero-order valence-electron chi connectivity index (χ0n) is 19.7. The van der Waals surface area contributed by atoms with Gasteiger partial charge >= 0.3 is 0 Å². The molecule has 0 spiro atoms. The minimum Gasteiger partial charge on any atom is -0.494 e. The molecule has 0 unspecified atom stereocenters. The first-order valence-corrected chi connectivity index (χ1v) is 11.1. The second kappa shape index (κ2) is 8.94. The Labute approximate surface area is 194 Å². The van der Waals surface area contributed by atoms with Crippen molar-refractivity contribution in [1.82, 2.24) is 0 Å². The van der Waals surface area contributed by atoms with Crippen LogP contribution in [0.4, 0.5) is 11.4 Å². The van der Waals surface area contributed by atoms with Crippen LogP contribution in [0, 0.1) is 27.7 Å². The van der Waals surface area contributed by atoms with Crippen LogP contribution in [0.2, 0.25) is 0 Å². The van der Waals surface area contributed by atoms with Crippen LogP contribution in [-0.2, 0) is 9.59 Å². The molecule has 0 aromatic heterocycles. The predicted octanol–water partition coefficient (Wildman–Crippen LogP) is 5.72. The number of nitrogens with zero attached hydrogens (tertiary/aromatic N) is 1. The molecule has 1 heterocycles. The van der Waals surface area contributed by atoms with E-state index in [9.17, 15) is 9.59 Å². The van der Waals surface area contributed by atoms with Crippen LogP contribution < -0.4 is 15.0 Å². The van der Waals surface area contributed by atoms with Crippen LogP contribution in [0.25, 0.3) is 5.57 Å². The first-order chi connectivity index (χ1) is 15.8. The maximum Gasteiger partial charge on any atom is 0.282 e. The third-order valence-corrected chi connectivity index (χ3v) is 6.01. The maximum atomic E-state index is 13.7. The van der Waals surface area contributed by atoms with E-state index in [2.05, 4.69) is 5.32 Å². The summed E-state index contributed by atoms with van der Waals surface area (Å²) in [5.41, 5.74) is 6.67. The van der Waals surface area contributed by atoms with Crippen LogP contribution in [0.15, 0.2) is 66.4 Å². The summed E-state index contributed by atoms with van der Waals surface area (Å²) in [5.74, 6) is 0.0122. The third kappa shape index (κ3) is 4.14. The summed E-state index contributed by atoms with van der Waals surface area (Å²) in [6.07, 6.45) is 0. The molecule has 0 saturated carbocycles. The largest absolute Gasteiger partial charge is 0.494 e. The Bertz CT molecular complexity index is 1270. The summed E-state index contributed by atoms with van der Waals surface area (Å²) < 4.78 is 5.55. The summed E-state index contributed by atoms with van der Waals surface area (Å²) in [5, 5.41) is 3.29. The van der Waals surface area contributed by atoms with Gasteiger partial charge in [0.25, 0.3) is 11.8 Å². The summed E-state index contributed by atoms with van der Waals surface area (Å²) in [6, 6.07) is 18.9. The van der Waals surface area contributed by atoms with Gasteiger partial charge in [-0.05, 0) is 86.7 Å². The van der Waals surface area contributed by atoms with Crippen molar-refractivity contribution in [2.75, 3.05) is 16.8 Å². The van der Waals surface area contributed by atoms with E-state index in [0.29, 0.717) is 29.2 Å². The minimum absolute atomic E-state index is 0.277. The number of hydrogen-bond donors (Lipinski definition) is 1. The molecule has 0 atom stereocenters. The Kier molecular flexibility index (Phi) is 6.05. The zero-order chi connectivity index (χ0) is 23.7. The fraction of sp³-hybridized carbons (Fsp3) is 0.214. The van der Waals surface area contributed by atoms with E-state index < -0.39 is 0 Å². The van der Waals surface area contributed by atoms with Crippen molar-refractivity contribution >= 4 is 28.8 Å². The Morgan fingerprint density at radius 2 is 1.58 bits per heavy atom. The number of imide groups is 1. The first kappa shape index (κ1) is 22.3. The van der Waals surface area contributed by atoms with E-state index in [0.717, 1.165) is 27.9 Å². The summed E-state index contributed by atoms with van der Waals surface area (Å²) >= 11 is 0. The fourth-order valence-electron chi connectivity index (χ4n) is 4.00. The van der Waals surface area contributed by atoms with Crippen molar-refractivity contribution in [2.45, 2.75) is 34.6 Å². The highest BCUT2D eigenvalue weighted by atomic mass is 16.5. The molecule has 2 amide bonds. The van der Waals surface area contributed by atoms with E-state index in [4.69, 9.17) is 4.74 Å². The van der Waals surface area contributed by atoms with Crippen LogP contribution in [0.1, 0.15) is 34.7 Å². The molecule has 0 bridgehead atoms. The molecule has 0 aliphatic carbocycles. The Balaban J connectivity index is 1.85. The van der Waals surface area contributed by atoms with Crippen molar-refractivity contribution in [3.05, 3.63) is 94.2 Å². The molecule has 0 radical (unpaired) electrons. The molecule has 3 aromatic rings. The molecular weight excluding hydrogens is 412 g/mol. The molecule has 3 aromatic carbocycles. The number of nitrogens with one attached hydrogen (secondary N) is 1. The van der Waals surface area contributed by atoms with Gasteiger partial charge in [-0.3, -0.25) is 9.59 Å². The first-order valence-electron chi connectivity index (χ1n) is 11.1. The highest BCUT2D eigenvalue weighted by Gasteiger charge is 2.41. The number of carbonyl (C=O) groups excluding carboxylic acids is 2. The Morgan fingerprint density at radius 3 is 2.27 bits per heavy atom. The number of amides is 2. The van der Waals surface area contributed by atoms with E-state index >= 15 is 0 Å². The lowest BCUT2D eigenvalue weighted by atomic mass is 10.0. The normalized spacial score (nSPS) is 13.7. The molecule has 5 heteroatoms. The topological polar surface area (TPSA) is 58.6 Å². The smallest absolute Gasteiger partial charge is 0.282 e. The van der Waals surface area contributed by atoms with E-state index in [1.54, 1.807) is 0 Å². The van der Waals surface area contributed by atoms with Crippen molar-refractivity contribution in [3.8, 4) is 5.75 Å². The van der Waals surface area contributed by atoms with Gasteiger partial charge in [0.05, 0.1) is 17.9 Å². The van der Waals surface area contributed by atoms with Crippen LogP contribution in [-0.4, -0.2) is 18.4 Å². The number of benzene rings is 3. The summed E-state index contributed by atoms with van der Waals surface area (Å²) in [4.78, 5) is 28.7. The summed E-state index contributed by atoms with van der Waals surface area (Å²) in [6.45, 7) is 10.3. The van der Waals surface area contributed by atoms with Crippen molar-refractivity contribution in [3.63, 3.8) is 0 Å². The Hall–Kier alpha value is -3.86. The SMILES string of the molecule is CCOc1ccc(C2=C(Nc3cc(C)ccc3C)C(=O)N(c3cccc(C)c3C)C2=O)cc1. The number of ether oxygens (including phenoxy) is 1. The third-order valence-electron chi connectivity index (χ3n) is 6.01. The number of anilines is 2. The molecule has 0 fully saturated rings. The number of hydrogen-bond acceptors (Lipinski definition) is 4. The van der Waals surface area contributed by atoms with Gasteiger partial charge in [-0.15, -0.1) is 0 Å². The molecule has 5 nitrogen and oxygen atoms in total. The minimum atomic E-state index is -0.363. The maximum absolute atomic E-state index is 13.7. The molecule has 168 valence electrons. The number of carbonyl (C=O) groups is 2. The van der Waals surface area contributed by atoms with Gasteiger partial charge < -0.3 is 10.1 Å². The number of aryl methyl sites for hydroxylation is 3. The molecular formula is C28H28N2O3. The average Bonchev–Trinajstić information content (AvgIpc) is 3.03. The van der Waals surface area contributed by atoms with Gasteiger partial charge in [0.1, 0.15) is 11.4 Å². The monoisotopic (exact) mass is 440 g/mol. The fourth-order valence-corrected chi connectivity index (χ4v) is 4.00. The standard InChI is InChI=1S/C28H28N2O3/c1-6-33-22-14-12-21(13-15-22)25-26(29-23-16-17(2)10-11-19(23)4)28(32)30(27(25)31)24-9-7-8-18(3)20(24)5/h7-16,29H,6H2,1-5H3. The van der Waals surface area contributed by atoms with Gasteiger partial charge in [0.15, 0.2) is 0 Å². The van der Waals surface area contributed by atoms with Gasteiger partial charge in [-0.25, -0.2) is 4.90 Å². The van der Waals surface area contributed by atoms with Crippen LogP contribution >= 0.6 is 0 Å². The quantitative estimate of drug-likeness (QED) is 0.499. The zero-order valence-corrected chi connectivity index (χ0v) is 19.7. The number of rotatable bonds is 6. The molecule has 1 aliphatic heterocycles. The molecule has 33 heavy (non-hydrogen) atoms. The van der Waals surface area contributed by atoms with E-state index in [1.807, 2.05) is 95.3 Å². The van der Waals surface area contributed by atoms with Crippen LogP contribution in [0.3, 0.4) is 0 Å². The lowest BCUT2D eigenvalue weighted by Crippen LogP contribution is -2.33. The van der Waals surface area contributed by atoms with Gasteiger partial charge in [-0.1, -0.05) is 36.4 Å². The van der Waals surface area contributed by atoms with Crippen molar-refractivity contribution < 1.29 is 14.3 Å². The molecule has 1 aliphatic rings. The lowest BCUT2D eigenvalue weighted by Gasteiger charge is -2.19.